The summed E-state index contributed by atoms with van der Waals surface area (Å²) in [5.41, 5.74) is -0.491. The van der Waals surface area contributed by atoms with Gasteiger partial charge in [0.2, 0.25) is 5.91 Å². The van der Waals surface area contributed by atoms with E-state index in [1.54, 1.807) is 4.90 Å². The minimum atomic E-state index is -0.491. The van der Waals surface area contributed by atoms with Crippen molar-refractivity contribution in [1.82, 2.24) is 10.2 Å². The largest absolute Gasteiger partial charge is 0.444 e. The molecule has 0 aromatic rings. The van der Waals surface area contributed by atoms with Crippen LogP contribution in [0.5, 0.6) is 0 Å². The van der Waals surface area contributed by atoms with Crippen molar-refractivity contribution >= 4 is 12.0 Å². The Morgan fingerprint density at radius 2 is 2.06 bits per heavy atom. The number of carbonyl (C=O) groups excluding carboxylic acids is 2. The van der Waals surface area contributed by atoms with Gasteiger partial charge in [-0.15, -0.1) is 0 Å². The number of nitrogens with one attached hydrogen (secondary N) is 1. The second kappa shape index (κ2) is 5.89. The average molecular weight is 254 g/mol. The third-order valence-corrected chi connectivity index (χ3v) is 2.45. The molecule has 0 unspecified atom stereocenters. The van der Waals surface area contributed by atoms with Crippen LogP contribution in [0.2, 0.25) is 0 Å². The molecule has 0 aromatic carbocycles. The van der Waals surface area contributed by atoms with Crippen LogP contribution in [0.15, 0.2) is 12.7 Å². The average Bonchev–Trinajstić information content (AvgIpc) is 3.05. The van der Waals surface area contributed by atoms with Gasteiger partial charge in [0.15, 0.2) is 0 Å². The van der Waals surface area contributed by atoms with Crippen molar-refractivity contribution in [3.63, 3.8) is 0 Å². The second-order valence-corrected chi connectivity index (χ2v) is 5.40. The fraction of sp³-hybridized carbons (Fsp3) is 0.692. The van der Waals surface area contributed by atoms with Crippen LogP contribution < -0.4 is 5.32 Å². The first kappa shape index (κ1) is 14.5. The molecule has 0 spiro atoms. The highest BCUT2D eigenvalue weighted by Gasteiger charge is 2.34. The van der Waals surface area contributed by atoms with Crippen LogP contribution in [0.25, 0.3) is 0 Å². The van der Waals surface area contributed by atoms with Crippen LogP contribution in [0.3, 0.4) is 0 Å². The molecule has 18 heavy (non-hydrogen) atoms. The van der Waals surface area contributed by atoms with Crippen molar-refractivity contribution in [2.45, 2.75) is 45.3 Å². The number of hydrogen-bond acceptors (Lipinski definition) is 3. The summed E-state index contributed by atoms with van der Waals surface area (Å²) in [7, 11) is 0. The van der Waals surface area contributed by atoms with E-state index >= 15 is 0 Å². The highest BCUT2D eigenvalue weighted by Crippen LogP contribution is 2.27. The lowest BCUT2D eigenvalue weighted by molar-refractivity contribution is -0.116. The SMILES string of the molecule is C=CC(=O)NCCN(C(=O)OC(C)(C)C)C1CC1. The zero-order valence-electron chi connectivity index (χ0n) is 11.4. The van der Waals surface area contributed by atoms with Gasteiger partial charge in [-0.2, -0.15) is 0 Å². The second-order valence-electron chi connectivity index (χ2n) is 5.40. The molecule has 1 saturated carbocycles. The summed E-state index contributed by atoms with van der Waals surface area (Å²) in [5, 5.41) is 2.66. The van der Waals surface area contributed by atoms with Gasteiger partial charge in [-0.25, -0.2) is 4.79 Å². The standard InChI is InChI=1S/C13H22N2O3/c1-5-11(16)14-8-9-15(10-6-7-10)12(17)18-13(2,3)4/h5,10H,1,6-9H2,2-4H3,(H,14,16). The van der Waals surface area contributed by atoms with Crippen LogP contribution in [-0.4, -0.2) is 41.6 Å². The van der Waals surface area contributed by atoms with Gasteiger partial charge in [0.1, 0.15) is 5.60 Å². The molecule has 1 aliphatic carbocycles. The van der Waals surface area contributed by atoms with Crippen LogP contribution in [-0.2, 0) is 9.53 Å². The van der Waals surface area contributed by atoms with E-state index in [0.717, 1.165) is 12.8 Å². The Bertz CT molecular complexity index is 330. The minimum absolute atomic E-state index is 0.227. The molecule has 0 atom stereocenters. The molecule has 0 radical (unpaired) electrons. The molecule has 0 aromatic heterocycles. The minimum Gasteiger partial charge on any atom is -0.444 e. The lowest BCUT2D eigenvalue weighted by atomic mass is 10.2. The van der Waals surface area contributed by atoms with Gasteiger partial charge in [-0.05, 0) is 39.7 Å². The van der Waals surface area contributed by atoms with Crippen molar-refractivity contribution in [3.05, 3.63) is 12.7 Å². The van der Waals surface area contributed by atoms with E-state index in [1.807, 2.05) is 20.8 Å². The van der Waals surface area contributed by atoms with Gasteiger partial charge >= 0.3 is 6.09 Å². The molecule has 2 amide bonds. The molecule has 0 heterocycles. The van der Waals surface area contributed by atoms with E-state index in [0.29, 0.717) is 13.1 Å². The highest BCUT2D eigenvalue weighted by atomic mass is 16.6. The first-order valence-corrected chi connectivity index (χ1v) is 6.23. The van der Waals surface area contributed by atoms with E-state index < -0.39 is 5.60 Å². The van der Waals surface area contributed by atoms with Crippen molar-refractivity contribution in [3.8, 4) is 0 Å². The Hall–Kier alpha value is -1.52. The molecule has 1 fully saturated rings. The zero-order valence-corrected chi connectivity index (χ0v) is 11.4. The van der Waals surface area contributed by atoms with Crippen molar-refractivity contribution in [2.24, 2.45) is 0 Å². The number of nitrogens with zero attached hydrogens (tertiary/aromatic N) is 1. The summed E-state index contributed by atoms with van der Waals surface area (Å²) in [4.78, 5) is 24.7. The van der Waals surface area contributed by atoms with E-state index in [-0.39, 0.29) is 18.0 Å². The first-order valence-electron chi connectivity index (χ1n) is 6.23. The molecule has 0 saturated heterocycles. The molecular formula is C13H22N2O3. The quantitative estimate of drug-likeness (QED) is 0.759. The Morgan fingerprint density at radius 1 is 1.44 bits per heavy atom. The predicted octanol–water partition coefficient (Wildman–Crippen LogP) is 1.69. The first-order chi connectivity index (χ1) is 8.33. The normalized spacial score (nSPS) is 14.8. The van der Waals surface area contributed by atoms with Crippen LogP contribution in [0.1, 0.15) is 33.6 Å². The molecule has 5 nitrogen and oxygen atoms in total. The van der Waals surface area contributed by atoms with Crippen LogP contribution in [0.4, 0.5) is 4.79 Å². The number of rotatable bonds is 5. The number of ether oxygens (including phenoxy) is 1. The number of amides is 2. The van der Waals surface area contributed by atoms with Gasteiger partial charge in [0, 0.05) is 19.1 Å². The molecule has 5 heteroatoms. The van der Waals surface area contributed by atoms with Crippen molar-refractivity contribution < 1.29 is 14.3 Å². The molecule has 1 aliphatic rings. The summed E-state index contributed by atoms with van der Waals surface area (Å²) in [6.07, 6.45) is 2.93. The summed E-state index contributed by atoms with van der Waals surface area (Å²) < 4.78 is 5.34. The maximum Gasteiger partial charge on any atom is 0.410 e. The van der Waals surface area contributed by atoms with Crippen molar-refractivity contribution in [2.75, 3.05) is 13.1 Å². The summed E-state index contributed by atoms with van der Waals surface area (Å²) in [6.45, 7) is 9.79. The summed E-state index contributed by atoms with van der Waals surface area (Å²) in [5.74, 6) is -0.227. The number of carbonyl (C=O) groups is 2. The van der Waals surface area contributed by atoms with Crippen LogP contribution in [0, 0.1) is 0 Å². The fourth-order valence-electron chi connectivity index (χ4n) is 1.50. The summed E-state index contributed by atoms with van der Waals surface area (Å²) >= 11 is 0. The Balaban J connectivity index is 2.42. The van der Waals surface area contributed by atoms with Gasteiger partial charge in [0.25, 0.3) is 0 Å². The fourth-order valence-corrected chi connectivity index (χ4v) is 1.50. The van der Waals surface area contributed by atoms with E-state index in [2.05, 4.69) is 11.9 Å². The molecule has 0 aliphatic heterocycles. The topological polar surface area (TPSA) is 58.6 Å². The summed E-state index contributed by atoms with van der Waals surface area (Å²) in [6, 6.07) is 0.264. The molecular weight excluding hydrogens is 232 g/mol. The Morgan fingerprint density at radius 3 is 2.50 bits per heavy atom. The molecule has 102 valence electrons. The smallest absolute Gasteiger partial charge is 0.410 e. The molecule has 1 N–H and O–H groups in total. The lowest BCUT2D eigenvalue weighted by Crippen LogP contribution is -2.42. The number of hydrogen-bond donors (Lipinski definition) is 1. The zero-order chi connectivity index (χ0) is 13.8. The molecule has 1 rings (SSSR count). The van der Waals surface area contributed by atoms with Gasteiger partial charge in [-0.1, -0.05) is 6.58 Å². The maximum absolute atomic E-state index is 12.0. The van der Waals surface area contributed by atoms with Gasteiger partial charge in [-0.3, -0.25) is 4.79 Å². The van der Waals surface area contributed by atoms with Gasteiger partial charge < -0.3 is 15.0 Å². The third kappa shape index (κ3) is 5.21. The van der Waals surface area contributed by atoms with Crippen molar-refractivity contribution in [1.29, 1.82) is 0 Å². The third-order valence-electron chi connectivity index (χ3n) is 2.45. The van der Waals surface area contributed by atoms with Gasteiger partial charge in [0.05, 0.1) is 0 Å². The molecule has 0 bridgehead atoms. The monoisotopic (exact) mass is 254 g/mol. The van der Waals surface area contributed by atoms with E-state index in [9.17, 15) is 9.59 Å². The van der Waals surface area contributed by atoms with E-state index in [4.69, 9.17) is 4.74 Å². The van der Waals surface area contributed by atoms with E-state index in [1.165, 1.54) is 6.08 Å². The predicted molar refractivity (Wildman–Crippen MR) is 69.2 cm³/mol. The lowest BCUT2D eigenvalue weighted by Gasteiger charge is -2.27. The Labute approximate surface area is 108 Å². The maximum atomic E-state index is 12.0. The Kier molecular flexibility index (Phi) is 4.76. The highest BCUT2D eigenvalue weighted by molar-refractivity contribution is 5.86. The van der Waals surface area contributed by atoms with Crippen LogP contribution >= 0.6 is 0 Å².